The molecule has 0 aliphatic carbocycles. The molecule has 5 nitrogen and oxygen atoms in total. The number of hydrogen-bond acceptors (Lipinski definition) is 6. The minimum atomic E-state index is 0.625. The van der Waals surface area contributed by atoms with E-state index >= 15 is 0 Å². The van der Waals surface area contributed by atoms with Gasteiger partial charge in [-0.15, -0.1) is 0 Å². The molecule has 0 saturated carbocycles. The fourth-order valence-electron chi connectivity index (χ4n) is 2.18. The Hall–Kier alpha value is -2.60. The fraction of sp³-hybridized carbons (Fsp3) is 0.222. The van der Waals surface area contributed by atoms with Crippen LogP contribution in [0.2, 0.25) is 0 Å². The molecule has 1 aromatic carbocycles. The molecule has 0 atom stereocenters. The number of oxazole rings is 1. The lowest BCUT2D eigenvalue weighted by molar-refractivity contribution is 0.487. The third-order valence-corrected chi connectivity index (χ3v) is 4.28. The van der Waals surface area contributed by atoms with E-state index in [2.05, 4.69) is 22.2 Å². The average molecular weight is 340 g/mol. The molecule has 0 bridgehead atoms. The molecule has 0 radical (unpaired) electrons. The van der Waals surface area contributed by atoms with Gasteiger partial charge in [-0.1, -0.05) is 30.7 Å². The van der Waals surface area contributed by atoms with Crippen LogP contribution >= 0.6 is 11.3 Å². The summed E-state index contributed by atoms with van der Waals surface area (Å²) in [6.45, 7) is 2.16. The lowest BCUT2D eigenvalue weighted by Gasteiger charge is -2.02. The predicted octanol–water partition coefficient (Wildman–Crippen LogP) is 4.97. The quantitative estimate of drug-likeness (QED) is 0.594. The van der Waals surface area contributed by atoms with E-state index in [1.54, 1.807) is 17.5 Å². The minimum Gasteiger partial charge on any atom is -0.442 e. The summed E-state index contributed by atoms with van der Waals surface area (Å²) in [4.78, 5) is 9.66. The number of aromatic nitrogens is 2. The zero-order chi connectivity index (χ0) is 16.8. The summed E-state index contributed by atoms with van der Waals surface area (Å²) in [5, 5.41) is 4.06. The van der Waals surface area contributed by atoms with E-state index in [9.17, 15) is 0 Å². The molecule has 124 valence electrons. The van der Waals surface area contributed by atoms with Gasteiger partial charge in [0.15, 0.2) is 5.13 Å². The molecule has 2 heterocycles. The van der Waals surface area contributed by atoms with Gasteiger partial charge >= 0.3 is 0 Å². The highest BCUT2D eigenvalue weighted by atomic mass is 32.1. The van der Waals surface area contributed by atoms with E-state index in [1.165, 1.54) is 0 Å². The molecular formula is C18H20N4OS. The van der Waals surface area contributed by atoms with Crippen molar-refractivity contribution in [2.24, 2.45) is 0 Å². The maximum atomic E-state index is 5.78. The number of thiazole rings is 1. The van der Waals surface area contributed by atoms with Gasteiger partial charge in [-0.3, -0.25) is 0 Å². The lowest BCUT2D eigenvalue weighted by atomic mass is 10.2. The summed E-state index contributed by atoms with van der Waals surface area (Å²) in [6, 6.07) is 7.59. The number of anilines is 3. The van der Waals surface area contributed by atoms with Crippen molar-refractivity contribution in [3.8, 4) is 0 Å². The van der Waals surface area contributed by atoms with E-state index in [-0.39, 0.29) is 0 Å². The van der Waals surface area contributed by atoms with Crippen LogP contribution in [0.5, 0.6) is 0 Å². The highest BCUT2D eigenvalue weighted by molar-refractivity contribution is 7.16. The number of aryl methyl sites for hydroxylation is 1. The average Bonchev–Trinajstić information content (AvgIpc) is 3.20. The second-order valence-electron chi connectivity index (χ2n) is 5.42. The van der Waals surface area contributed by atoms with E-state index in [4.69, 9.17) is 10.2 Å². The number of nitrogens with one attached hydrogen (secondary N) is 1. The molecule has 3 rings (SSSR count). The number of benzene rings is 1. The standard InChI is InChI=1S/C18H20N4OS/c1-2-3-7-15-11-20-17(23-15)9-8-16-12-21-18(24-16)22-14-6-4-5-13(19)10-14/h4-6,8-12H,2-3,7,19H2,1H3,(H,21,22)/b9-8+. The summed E-state index contributed by atoms with van der Waals surface area (Å²) >= 11 is 1.55. The van der Waals surface area contributed by atoms with Crippen LogP contribution < -0.4 is 11.1 Å². The fourth-order valence-corrected chi connectivity index (χ4v) is 2.92. The van der Waals surface area contributed by atoms with E-state index in [0.717, 1.165) is 46.4 Å². The van der Waals surface area contributed by atoms with Gasteiger partial charge < -0.3 is 15.5 Å². The van der Waals surface area contributed by atoms with Crippen LogP contribution in [0.4, 0.5) is 16.5 Å². The summed E-state index contributed by atoms with van der Waals surface area (Å²) in [6.07, 6.45) is 10.6. The largest absolute Gasteiger partial charge is 0.442 e. The van der Waals surface area contributed by atoms with Crippen molar-refractivity contribution in [2.45, 2.75) is 26.2 Å². The molecule has 0 aliphatic heterocycles. The topological polar surface area (TPSA) is 77.0 Å². The Bertz CT molecular complexity index is 822. The Morgan fingerprint density at radius 2 is 2.17 bits per heavy atom. The molecule has 0 aliphatic rings. The zero-order valence-electron chi connectivity index (χ0n) is 13.5. The Labute approximate surface area is 145 Å². The van der Waals surface area contributed by atoms with Gasteiger partial charge in [0.05, 0.1) is 6.20 Å². The van der Waals surface area contributed by atoms with Crippen molar-refractivity contribution in [1.82, 2.24) is 9.97 Å². The van der Waals surface area contributed by atoms with Crippen LogP contribution in [-0.4, -0.2) is 9.97 Å². The minimum absolute atomic E-state index is 0.625. The van der Waals surface area contributed by atoms with Gasteiger partial charge in [-0.25, -0.2) is 9.97 Å². The maximum Gasteiger partial charge on any atom is 0.218 e. The molecule has 3 aromatic rings. The van der Waals surface area contributed by atoms with Gasteiger partial charge in [0.1, 0.15) is 5.76 Å². The van der Waals surface area contributed by atoms with E-state index in [0.29, 0.717) is 5.89 Å². The summed E-state index contributed by atoms with van der Waals surface area (Å²) in [5.41, 5.74) is 7.42. The molecule has 0 fully saturated rings. The first-order valence-electron chi connectivity index (χ1n) is 7.94. The van der Waals surface area contributed by atoms with Gasteiger partial charge in [0.2, 0.25) is 5.89 Å². The zero-order valence-corrected chi connectivity index (χ0v) is 14.3. The highest BCUT2D eigenvalue weighted by Crippen LogP contribution is 2.25. The van der Waals surface area contributed by atoms with Crippen LogP contribution in [0, 0.1) is 0 Å². The first-order chi connectivity index (χ1) is 11.7. The second-order valence-corrected chi connectivity index (χ2v) is 6.48. The van der Waals surface area contributed by atoms with Crippen molar-refractivity contribution in [3.63, 3.8) is 0 Å². The normalized spacial score (nSPS) is 11.2. The smallest absolute Gasteiger partial charge is 0.218 e. The molecule has 0 amide bonds. The summed E-state index contributed by atoms with van der Waals surface area (Å²) in [7, 11) is 0. The molecule has 0 saturated heterocycles. The number of hydrogen-bond donors (Lipinski definition) is 2. The van der Waals surface area contributed by atoms with Crippen molar-refractivity contribution in [3.05, 3.63) is 53.2 Å². The van der Waals surface area contributed by atoms with Gasteiger partial charge in [-0.2, -0.15) is 0 Å². The van der Waals surface area contributed by atoms with Crippen molar-refractivity contribution in [1.29, 1.82) is 0 Å². The number of nitrogens with two attached hydrogens (primary N) is 1. The van der Waals surface area contributed by atoms with Crippen LogP contribution in [0.25, 0.3) is 12.2 Å². The van der Waals surface area contributed by atoms with Crippen LogP contribution in [0.1, 0.15) is 36.3 Å². The Balaban J connectivity index is 1.62. The Morgan fingerprint density at radius 1 is 1.25 bits per heavy atom. The molecule has 0 spiro atoms. The van der Waals surface area contributed by atoms with Gasteiger partial charge in [0, 0.05) is 34.9 Å². The number of nitrogens with zero attached hydrogens (tertiary/aromatic N) is 2. The molecule has 24 heavy (non-hydrogen) atoms. The first kappa shape index (κ1) is 16.3. The van der Waals surface area contributed by atoms with Crippen LogP contribution in [0.3, 0.4) is 0 Å². The molecule has 2 aromatic heterocycles. The predicted molar refractivity (Wildman–Crippen MR) is 100 cm³/mol. The summed E-state index contributed by atoms with van der Waals surface area (Å²) in [5.74, 6) is 1.56. The SMILES string of the molecule is CCCCc1cnc(/C=C/c2cnc(Nc3cccc(N)c3)s2)o1. The lowest BCUT2D eigenvalue weighted by Crippen LogP contribution is -1.90. The van der Waals surface area contributed by atoms with Crippen molar-refractivity contribution < 1.29 is 4.42 Å². The number of nitrogen functional groups attached to an aromatic ring is 1. The first-order valence-corrected chi connectivity index (χ1v) is 8.76. The van der Waals surface area contributed by atoms with Gasteiger partial charge in [-0.05, 0) is 30.7 Å². The Morgan fingerprint density at radius 3 is 3.00 bits per heavy atom. The Kier molecular flexibility index (Phi) is 5.28. The molecule has 0 unspecified atom stereocenters. The molecule has 3 N–H and O–H groups in total. The van der Waals surface area contributed by atoms with Crippen molar-refractivity contribution >= 4 is 40.0 Å². The van der Waals surface area contributed by atoms with Gasteiger partial charge in [0.25, 0.3) is 0 Å². The van der Waals surface area contributed by atoms with E-state index < -0.39 is 0 Å². The molecule has 6 heteroatoms. The third-order valence-electron chi connectivity index (χ3n) is 3.40. The van der Waals surface area contributed by atoms with Crippen LogP contribution in [0.15, 0.2) is 41.1 Å². The number of rotatable bonds is 7. The summed E-state index contributed by atoms with van der Waals surface area (Å²) < 4.78 is 5.68. The molecular weight excluding hydrogens is 320 g/mol. The van der Waals surface area contributed by atoms with Crippen LogP contribution in [-0.2, 0) is 6.42 Å². The highest BCUT2D eigenvalue weighted by Gasteiger charge is 2.03. The maximum absolute atomic E-state index is 5.78. The monoisotopic (exact) mass is 340 g/mol. The van der Waals surface area contributed by atoms with Crippen molar-refractivity contribution in [2.75, 3.05) is 11.1 Å². The second kappa shape index (κ2) is 7.79. The number of unbranched alkanes of at least 4 members (excludes halogenated alkanes) is 1. The van der Waals surface area contributed by atoms with E-state index in [1.807, 2.05) is 42.6 Å². The third kappa shape index (κ3) is 4.45.